The SMILES string of the molecule is CC(C)c1cccc(-c2cc(C(F)(F)C(F)(F)F)nc3c2ccc2nc(-c4nnco4)cn23)c1. The van der Waals surface area contributed by atoms with Crippen LogP contribution in [0.2, 0.25) is 0 Å². The number of pyridine rings is 2. The molecule has 0 saturated heterocycles. The number of benzene rings is 1. The van der Waals surface area contributed by atoms with Gasteiger partial charge < -0.3 is 4.42 Å². The number of hydrogen-bond donors (Lipinski definition) is 0. The summed E-state index contributed by atoms with van der Waals surface area (Å²) in [4.78, 5) is 8.07. The number of fused-ring (bicyclic) bond motifs is 3. The average molecular weight is 473 g/mol. The molecule has 11 heteroatoms. The van der Waals surface area contributed by atoms with E-state index in [1.165, 1.54) is 10.6 Å². The average Bonchev–Trinajstić information content (AvgIpc) is 3.47. The number of hydrogen-bond acceptors (Lipinski definition) is 5. The van der Waals surface area contributed by atoms with E-state index >= 15 is 0 Å². The minimum Gasteiger partial charge on any atom is -0.422 e. The quantitative estimate of drug-likeness (QED) is 0.284. The second kappa shape index (κ2) is 7.57. The highest BCUT2D eigenvalue weighted by Gasteiger charge is 2.60. The molecule has 0 atom stereocenters. The fourth-order valence-electron chi connectivity index (χ4n) is 3.73. The van der Waals surface area contributed by atoms with Gasteiger partial charge in [0, 0.05) is 11.6 Å². The standard InChI is InChI=1S/C23H16F5N5O/c1-12(2)13-4-3-5-14(8-13)16-9-18(22(24,25)23(26,27)28)31-20-15(16)6-7-19-30-17(10-33(19)20)21-32-29-11-34-21/h3-12H,1-2H3. The van der Waals surface area contributed by atoms with E-state index in [2.05, 4.69) is 20.2 Å². The zero-order chi connectivity index (χ0) is 24.3. The summed E-state index contributed by atoms with van der Waals surface area (Å²) in [5.74, 6) is -4.97. The van der Waals surface area contributed by atoms with Gasteiger partial charge in [-0.05, 0) is 40.8 Å². The molecule has 1 aromatic carbocycles. The van der Waals surface area contributed by atoms with Crippen LogP contribution in [0.25, 0.3) is 39.4 Å². The molecule has 174 valence electrons. The van der Waals surface area contributed by atoms with Crippen molar-refractivity contribution in [2.75, 3.05) is 0 Å². The van der Waals surface area contributed by atoms with E-state index in [9.17, 15) is 22.0 Å². The highest BCUT2D eigenvalue weighted by Crippen LogP contribution is 2.45. The molecule has 5 rings (SSSR count). The molecule has 0 aliphatic carbocycles. The van der Waals surface area contributed by atoms with Gasteiger partial charge in [0.25, 0.3) is 5.89 Å². The van der Waals surface area contributed by atoms with Crippen molar-refractivity contribution in [2.45, 2.75) is 31.9 Å². The fourth-order valence-corrected chi connectivity index (χ4v) is 3.73. The van der Waals surface area contributed by atoms with Gasteiger partial charge in [-0.25, -0.2) is 9.97 Å². The van der Waals surface area contributed by atoms with Gasteiger partial charge in [0.2, 0.25) is 6.39 Å². The number of aromatic nitrogens is 5. The molecule has 0 aliphatic heterocycles. The van der Waals surface area contributed by atoms with Crippen LogP contribution in [0, 0.1) is 0 Å². The lowest BCUT2D eigenvalue weighted by molar-refractivity contribution is -0.290. The minimum atomic E-state index is -5.82. The highest BCUT2D eigenvalue weighted by molar-refractivity contribution is 5.94. The van der Waals surface area contributed by atoms with Crippen molar-refractivity contribution in [1.82, 2.24) is 24.6 Å². The van der Waals surface area contributed by atoms with E-state index in [0.717, 1.165) is 18.0 Å². The Hall–Kier alpha value is -3.89. The molecule has 0 bridgehead atoms. The molecule has 4 aromatic heterocycles. The Bertz CT molecular complexity index is 1510. The predicted molar refractivity (Wildman–Crippen MR) is 113 cm³/mol. The summed E-state index contributed by atoms with van der Waals surface area (Å²) in [7, 11) is 0. The Balaban J connectivity index is 1.84. The Morgan fingerprint density at radius 3 is 2.44 bits per heavy atom. The van der Waals surface area contributed by atoms with Gasteiger partial charge >= 0.3 is 12.1 Å². The maximum atomic E-state index is 14.5. The predicted octanol–water partition coefficient (Wildman–Crippen LogP) is 6.38. The number of nitrogens with zero attached hydrogens (tertiary/aromatic N) is 5. The van der Waals surface area contributed by atoms with Crippen LogP contribution in [0.1, 0.15) is 31.0 Å². The first-order valence-corrected chi connectivity index (χ1v) is 10.2. The summed E-state index contributed by atoms with van der Waals surface area (Å²) in [6.07, 6.45) is -3.32. The third-order valence-electron chi connectivity index (χ3n) is 5.52. The monoisotopic (exact) mass is 473 g/mol. The minimum absolute atomic E-state index is 0.0680. The molecule has 0 amide bonds. The molecular formula is C23H16F5N5O. The van der Waals surface area contributed by atoms with Gasteiger partial charge in [0.1, 0.15) is 22.7 Å². The van der Waals surface area contributed by atoms with E-state index in [-0.39, 0.29) is 34.4 Å². The number of halogens is 5. The van der Waals surface area contributed by atoms with Gasteiger partial charge in [-0.1, -0.05) is 38.1 Å². The van der Waals surface area contributed by atoms with E-state index in [1.54, 1.807) is 30.3 Å². The van der Waals surface area contributed by atoms with Crippen molar-refractivity contribution >= 4 is 16.7 Å². The zero-order valence-corrected chi connectivity index (χ0v) is 17.8. The Labute approximate surface area is 189 Å². The smallest absolute Gasteiger partial charge is 0.422 e. The Kier molecular flexibility index (Phi) is 4.88. The van der Waals surface area contributed by atoms with Crippen LogP contribution in [-0.4, -0.2) is 30.7 Å². The topological polar surface area (TPSA) is 69.1 Å². The zero-order valence-electron chi connectivity index (χ0n) is 17.8. The summed E-state index contributed by atoms with van der Waals surface area (Å²) in [6.45, 7) is 3.92. The van der Waals surface area contributed by atoms with Crippen molar-refractivity contribution in [2.24, 2.45) is 0 Å². The summed E-state index contributed by atoms with van der Waals surface area (Å²) in [5, 5.41) is 7.71. The molecule has 0 radical (unpaired) electrons. The normalized spacial score (nSPS) is 12.8. The van der Waals surface area contributed by atoms with Gasteiger partial charge in [-0.15, -0.1) is 10.2 Å². The van der Waals surface area contributed by atoms with E-state index < -0.39 is 17.8 Å². The maximum absolute atomic E-state index is 14.5. The molecule has 0 N–H and O–H groups in total. The molecule has 6 nitrogen and oxygen atoms in total. The van der Waals surface area contributed by atoms with E-state index in [0.29, 0.717) is 10.9 Å². The molecule has 0 spiro atoms. The van der Waals surface area contributed by atoms with Crippen LogP contribution in [-0.2, 0) is 5.92 Å². The third kappa shape index (κ3) is 3.47. The van der Waals surface area contributed by atoms with Gasteiger partial charge in [-0.3, -0.25) is 4.40 Å². The van der Waals surface area contributed by atoms with Crippen LogP contribution < -0.4 is 0 Å². The van der Waals surface area contributed by atoms with Gasteiger partial charge in [0.15, 0.2) is 0 Å². The fraction of sp³-hybridized carbons (Fsp3) is 0.217. The Morgan fingerprint density at radius 2 is 1.76 bits per heavy atom. The molecule has 5 aromatic rings. The van der Waals surface area contributed by atoms with Crippen molar-refractivity contribution in [3.05, 3.63) is 66.3 Å². The van der Waals surface area contributed by atoms with E-state index in [4.69, 9.17) is 4.42 Å². The van der Waals surface area contributed by atoms with Crippen molar-refractivity contribution in [1.29, 1.82) is 0 Å². The van der Waals surface area contributed by atoms with Crippen molar-refractivity contribution < 1.29 is 26.4 Å². The second-order valence-electron chi connectivity index (χ2n) is 8.08. The number of rotatable bonds is 4. The lowest BCUT2D eigenvalue weighted by Gasteiger charge is -2.21. The van der Waals surface area contributed by atoms with Gasteiger partial charge in [0.05, 0.1) is 0 Å². The first-order chi connectivity index (χ1) is 16.1. The summed E-state index contributed by atoms with van der Waals surface area (Å²) >= 11 is 0. The largest absolute Gasteiger partial charge is 0.459 e. The van der Waals surface area contributed by atoms with Crippen LogP contribution >= 0.6 is 0 Å². The van der Waals surface area contributed by atoms with Crippen LogP contribution in [0.15, 0.2) is 59.5 Å². The number of alkyl halides is 5. The first kappa shape index (κ1) is 21.9. The molecule has 4 heterocycles. The summed E-state index contributed by atoms with van der Waals surface area (Å²) < 4.78 is 75.3. The summed E-state index contributed by atoms with van der Waals surface area (Å²) in [5.41, 5.74) is 0.579. The van der Waals surface area contributed by atoms with Gasteiger partial charge in [-0.2, -0.15) is 22.0 Å². The Morgan fingerprint density at radius 1 is 0.971 bits per heavy atom. The third-order valence-corrected chi connectivity index (χ3v) is 5.52. The van der Waals surface area contributed by atoms with Crippen LogP contribution in [0.5, 0.6) is 0 Å². The van der Waals surface area contributed by atoms with Crippen LogP contribution in [0.3, 0.4) is 0 Å². The lowest BCUT2D eigenvalue weighted by atomic mass is 9.95. The van der Waals surface area contributed by atoms with Crippen molar-refractivity contribution in [3.8, 4) is 22.7 Å². The molecule has 0 fully saturated rings. The molecule has 0 aliphatic rings. The second-order valence-corrected chi connectivity index (χ2v) is 8.08. The molecular weight excluding hydrogens is 457 g/mol. The molecule has 0 saturated carbocycles. The first-order valence-electron chi connectivity index (χ1n) is 10.2. The molecule has 0 unspecified atom stereocenters. The molecule has 34 heavy (non-hydrogen) atoms. The van der Waals surface area contributed by atoms with Crippen LogP contribution in [0.4, 0.5) is 22.0 Å². The number of imidazole rings is 1. The van der Waals surface area contributed by atoms with Crippen molar-refractivity contribution in [3.63, 3.8) is 0 Å². The lowest BCUT2D eigenvalue weighted by Crippen LogP contribution is -2.34. The highest BCUT2D eigenvalue weighted by atomic mass is 19.4. The summed E-state index contributed by atoms with van der Waals surface area (Å²) in [6, 6.07) is 11.1. The van der Waals surface area contributed by atoms with E-state index in [1.807, 2.05) is 19.9 Å². The maximum Gasteiger partial charge on any atom is 0.459 e.